The Morgan fingerprint density at radius 3 is 2.19 bits per heavy atom. The number of urea groups is 1. The molecular weight excluding hydrogens is 204 g/mol. The van der Waals surface area contributed by atoms with Gasteiger partial charge < -0.3 is 5.32 Å². The summed E-state index contributed by atoms with van der Waals surface area (Å²) in [5.41, 5.74) is 2.59. The average molecular weight is 216 g/mol. The molecule has 0 saturated carbocycles. The zero-order valence-electron chi connectivity index (χ0n) is 8.69. The van der Waals surface area contributed by atoms with Crippen LogP contribution in [0.2, 0.25) is 0 Å². The number of rotatable bonds is 1. The van der Waals surface area contributed by atoms with Crippen LogP contribution in [0.15, 0.2) is 24.3 Å². The van der Waals surface area contributed by atoms with Crippen LogP contribution >= 0.6 is 0 Å². The lowest BCUT2D eigenvalue weighted by atomic mass is 9.97. The maximum absolute atomic E-state index is 11.5. The van der Waals surface area contributed by atoms with Crippen LogP contribution < -0.4 is 10.6 Å². The summed E-state index contributed by atoms with van der Waals surface area (Å²) in [5.74, 6) is 0.00616. The lowest BCUT2D eigenvalue weighted by Gasteiger charge is -2.14. The largest absolute Gasteiger partial charge is 0.326 e. The summed E-state index contributed by atoms with van der Waals surface area (Å²) < 4.78 is 0. The molecule has 0 bridgehead atoms. The summed E-state index contributed by atoms with van der Waals surface area (Å²) in [4.78, 5) is 22.6. The molecule has 1 unspecified atom stereocenters. The third kappa shape index (κ3) is 1.38. The average Bonchev–Trinajstić information content (AvgIpc) is 2.81. The Balaban J connectivity index is 1.81. The van der Waals surface area contributed by atoms with Crippen LogP contribution in [0.5, 0.6) is 0 Å². The molecule has 1 saturated heterocycles. The van der Waals surface area contributed by atoms with E-state index in [2.05, 4.69) is 22.8 Å². The SMILES string of the molecule is O=C1NC(=O)C(C2Cc3ccccc3C2)N1. The van der Waals surface area contributed by atoms with E-state index in [4.69, 9.17) is 0 Å². The Hall–Kier alpha value is -1.84. The fraction of sp³-hybridized carbons (Fsp3) is 0.333. The van der Waals surface area contributed by atoms with E-state index < -0.39 is 0 Å². The highest BCUT2D eigenvalue weighted by Crippen LogP contribution is 2.29. The summed E-state index contributed by atoms with van der Waals surface area (Å²) >= 11 is 0. The Morgan fingerprint density at radius 1 is 1.06 bits per heavy atom. The summed E-state index contributed by atoms with van der Waals surface area (Å²) in [6.45, 7) is 0. The Labute approximate surface area is 93.0 Å². The second-order valence-corrected chi connectivity index (χ2v) is 4.38. The van der Waals surface area contributed by atoms with Crippen LogP contribution in [0.1, 0.15) is 11.1 Å². The maximum Gasteiger partial charge on any atom is 0.322 e. The van der Waals surface area contributed by atoms with E-state index in [-0.39, 0.29) is 23.9 Å². The van der Waals surface area contributed by atoms with Crippen molar-refractivity contribution >= 4 is 11.9 Å². The number of fused-ring (bicyclic) bond motifs is 1. The van der Waals surface area contributed by atoms with Gasteiger partial charge in [0.25, 0.3) is 5.91 Å². The van der Waals surface area contributed by atoms with Crippen molar-refractivity contribution < 1.29 is 9.59 Å². The molecule has 1 atom stereocenters. The molecule has 1 aromatic carbocycles. The van der Waals surface area contributed by atoms with Crippen LogP contribution in [-0.4, -0.2) is 18.0 Å². The molecule has 4 heteroatoms. The minimum atomic E-state index is -0.369. The highest BCUT2D eigenvalue weighted by molar-refractivity contribution is 6.04. The van der Waals surface area contributed by atoms with Crippen molar-refractivity contribution in [1.82, 2.24) is 10.6 Å². The van der Waals surface area contributed by atoms with Crippen LogP contribution in [0.3, 0.4) is 0 Å². The van der Waals surface area contributed by atoms with Crippen LogP contribution in [-0.2, 0) is 17.6 Å². The molecule has 0 aromatic heterocycles. The van der Waals surface area contributed by atoms with E-state index in [1.165, 1.54) is 11.1 Å². The number of hydrogen-bond donors (Lipinski definition) is 2. The first kappa shape index (κ1) is 9.39. The predicted octanol–water partition coefficient (Wildman–Crippen LogP) is 0.609. The van der Waals surface area contributed by atoms with Crippen molar-refractivity contribution in [3.05, 3.63) is 35.4 Å². The highest BCUT2D eigenvalue weighted by Gasteiger charge is 2.38. The lowest BCUT2D eigenvalue weighted by molar-refractivity contribution is -0.121. The molecule has 1 fully saturated rings. The minimum Gasteiger partial charge on any atom is -0.326 e. The minimum absolute atomic E-state index is 0.192. The molecule has 1 aromatic rings. The molecule has 1 heterocycles. The van der Waals surface area contributed by atoms with Crippen molar-refractivity contribution in [3.8, 4) is 0 Å². The summed E-state index contributed by atoms with van der Waals surface area (Å²) in [6, 6.07) is 7.46. The standard InChI is InChI=1S/C12H12N2O2/c15-11-10(13-12(16)14-11)9-5-7-3-1-2-4-8(7)6-9/h1-4,9-10H,5-6H2,(H2,13,14,15,16). The number of amides is 3. The van der Waals surface area contributed by atoms with Gasteiger partial charge in [0.2, 0.25) is 0 Å². The monoisotopic (exact) mass is 216 g/mol. The van der Waals surface area contributed by atoms with Crippen LogP contribution in [0.25, 0.3) is 0 Å². The molecule has 2 aliphatic rings. The quantitative estimate of drug-likeness (QED) is 0.676. The van der Waals surface area contributed by atoms with Gasteiger partial charge in [0.05, 0.1) is 0 Å². The summed E-state index contributed by atoms with van der Waals surface area (Å²) in [5, 5.41) is 4.96. The van der Waals surface area contributed by atoms with E-state index in [1.54, 1.807) is 0 Å². The van der Waals surface area contributed by atoms with Gasteiger partial charge in [0.15, 0.2) is 0 Å². The zero-order valence-corrected chi connectivity index (χ0v) is 8.69. The van der Waals surface area contributed by atoms with E-state index in [1.807, 2.05) is 12.1 Å². The topological polar surface area (TPSA) is 58.2 Å². The molecule has 16 heavy (non-hydrogen) atoms. The smallest absolute Gasteiger partial charge is 0.322 e. The van der Waals surface area contributed by atoms with E-state index in [0.29, 0.717) is 0 Å². The fourth-order valence-electron chi connectivity index (χ4n) is 2.59. The van der Waals surface area contributed by atoms with Gasteiger partial charge in [-0.15, -0.1) is 0 Å². The molecule has 0 radical (unpaired) electrons. The summed E-state index contributed by atoms with van der Waals surface area (Å²) in [6.07, 6.45) is 1.74. The van der Waals surface area contributed by atoms with Gasteiger partial charge in [-0.05, 0) is 29.9 Å². The molecule has 82 valence electrons. The van der Waals surface area contributed by atoms with Crippen molar-refractivity contribution in [2.45, 2.75) is 18.9 Å². The Bertz CT molecular complexity index is 445. The third-order valence-electron chi connectivity index (χ3n) is 3.36. The van der Waals surface area contributed by atoms with Gasteiger partial charge in [-0.25, -0.2) is 4.79 Å². The van der Waals surface area contributed by atoms with Gasteiger partial charge >= 0.3 is 6.03 Å². The predicted molar refractivity (Wildman–Crippen MR) is 57.8 cm³/mol. The van der Waals surface area contributed by atoms with Gasteiger partial charge in [-0.1, -0.05) is 24.3 Å². The van der Waals surface area contributed by atoms with Gasteiger partial charge in [-0.2, -0.15) is 0 Å². The molecule has 1 aliphatic carbocycles. The van der Waals surface area contributed by atoms with Gasteiger partial charge in [0, 0.05) is 0 Å². The maximum atomic E-state index is 11.5. The van der Waals surface area contributed by atoms with Crippen molar-refractivity contribution in [2.24, 2.45) is 5.92 Å². The van der Waals surface area contributed by atoms with Crippen molar-refractivity contribution in [3.63, 3.8) is 0 Å². The number of benzene rings is 1. The van der Waals surface area contributed by atoms with Crippen molar-refractivity contribution in [2.75, 3.05) is 0 Å². The number of carbonyl (C=O) groups excluding carboxylic acids is 2. The first-order valence-corrected chi connectivity index (χ1v) is 5.42. The molecule has 1 aliphatic heterocycles. The summed E-state index contributed by atoms with van der Waals surface area (Å²) in [7, 11) is 0. The number of nitrogens with one attached hydrogen (secondary N) is 2. The number of carbonyl (C=O) groups is 2. The second-order valence-electron chi connectivity index (χ2n) is 4.38. The van der Waals surface area contributed by atoms with Gasteiger partial charge in [-0.3, -0.25) is 10.1 Å². The lowest BCUT2D eigenvalue weighted by Crippen LogP contribution is -2.37. The molecule has 2 N–H and O–H groups in total. The molecule has 4 nitrogen and oxygen atoms in total. The Kier molecular flexibility index (Phi) is 1.96. The van der Waals surface area contributed by atoms with Crippen molar-refractivity contribution in [1.29, 1.82) is 0 Å². The molecule has 3 amide bonds. The molecule has 0 spiro atoms. The molecular formula is C12H12N2O2. The van der Waals surface area contributed by atoms with E-state index in [9.17, 15) is 9.59 Å². The van der Waals surface area contributed by atoms with Crippen LogP contribution in [0.4, 0.5) is 4.79 Å². The Morgan fingerprint density at radius 2 is 1.69 bits per heavy atom. The first-order chi connectivity index (χ1) is 7.74. The first-order valence-electron chi connectivity index (χ1n) is 5.42. The fourth-order valence-corrected chi connectivity index (χ4v) is 2.59. The normalized spacial score (nSPS) is 24.1. The number of hydrogen-bond acceptors (Lipinski definition) is 2. The zero-order chi connectivity index (χ0) is 11.1. The van der Waals surface area contributed by atoms with E-state index in [0.717, 1.165) is 12.8 Å². The van der Waals surface area contributed by atoms with Gasteiger partial charge in [0.1, 0.15) is 6.04 Å². The van der Waals surface area contributed by atoms with E-state index >= 15 is 0 Å². The number of imide groups is 1. The molecule has 3 rings (SSSR count). The second kappa shape index (κ2) is 3.33. The van der Waals surface area contributed by atoms with Crippen LogP contribution in [0, 0.1) is 5.92 Å². The third-order valence-corrected chi connectivity index (χ3v) is 3.36. The highest BCUT2D eigenvalue weighted by atomic mass is 16.2.